The van der Waals surface area contributed by atoms with Gasteiger partial charge < -0.3 is 25.6 Å². The summed E-state index contributed by atoms with van der Waals surface area (Å²) in [5.74, 6) is 1.16. The Bertz CT molecular complexity index is 1370. The lowest BCUT2D eigenvalue weighted by molar-refractivity contribution is 0.148. The monoisotopic (exact) mass is 590 g/mol. The number of nitrogens with one attached hydrogen (secondary N) is 4. The smallest absolute Gasteiger partial charge is 0.229 e. The first-order chi connectivity index (χ1) is 19.0. The van der Waals surface area contributed by atoms with Crippen LogP contribution in [0.2, 0.25) is 5.02 Å². The van der Waals surface area contributed by atoms with Crippen molar-refractivity contribution in [3.63, 3.8) is 0 Å². The molecule has 2 heterocycles. The summed E-state index contributed by atoms with van der Waals surface area (Å²) in [6, 6.07) is 4.15. The Morgan fingerprint density at radius 3 is 2.58 bits per heavy atom. The second kappa shape index (κ2) is 12.7. The Morgan fingerprint density at radius 2 is 1.95 bits per heavy atom. The van der Waals surface area contributed by atoms with E-state index in [1.54, 1.807) is 7.05 Å². The first kappa shape index (κ1) is 30.0. The zero-order chi connectivity index (χ0) is 29.0. The van der Waals surface area contributed by atoms with E-state index in [-0.39, 0.29) is 28.6 Å². The van der Waals surface area contributed by atoms with E-state index in [9.17, 15) is 8.42 Å². The number of hydrogen-bond acceptors (Lipinski definition) is 11. The molecule has 0 amide bonds. The summed E-state index contributed by atoms with van der Waals surface area (Å²) in [6.07, 6.45) is 5.06. The summed E-state index contributed by atoms with van der Waals surface area (Å²) in [5.41, 5.74) is 3.10. The van der Waals surface area contributed by atoms with Crippen LogP contribution >= 0.6 is 11.6 Å². The normalized spacial score (nSPS) is 17.1. The van der Waals surface area contributed by atoms with Crippen molar-refractivity contribution in [2.75, 3.05) is 50.9 Å². The van der Waals surface area contributed by atoms with E-state index in [1.165, 1.54) is 31.8 Å². The molecular formula is C27H39ClN8O3S. The molecule has 4 rings (SSSR count). The summed E-state index contributed by atoms with van der Waals surface area (Å²) in [5, 5.41) is 16.1. The quantitative estimate of drug-likeness (QED) is 0.226. The first-order valence-electron chi connectivity index (χ1n) is 13.5. The predicted octanol–water partition coefficient (Wildman–Crippen LogP) is 3.74. The molecule has 1 aliphatic carbocycles. The molecule has 1 aliphatic heterocycles. The van der Waals surface area contributed by atoms with Gasteiger partial charge >= 0.3 is 0 Å². The summed E-state index contributed by atoms with van der Waals surface area (Å²) in [4.78, 5) is 13.6. The zero-order valence-corrected chi connectivity index (χ0v) is 25.3. The van der Waals surface area contributed by atoms with Gasteiger partial charge in [0.1, 0.15) is 10.8 Å². The minimum Gasteiger partial charge on any atom is -0.488 e. The maximum absolute atomic E-state index is 12.6. The number of benzene rings is 1. The minimum absolute atomic E-state index is 0.0182. The number of rotatable bonds is 11. The van der Waals surface area contributed by atoms with Crippen LogP contribution in [-0.4, -0.2) is 84.9 Å². The summed E-state index contributed by atoms with van der Waals surface area (Å²) in [6.45, 7) is 10.2. The highest BCUT2D eigenvalue weighted by molar-refractivity contribution is 8.07. The van der Waals surface area contributed by atoms with Crippen LogP contribution in [0.1, 0.15) is 37.8 Å². The number of halogens is 1. The minimum atomic E-state index is -3.84. The van der Waals surface area contributed by atoms with E-state index in [2.05, 4.69) is 55.8 Å². The molecule has 0 atom stereocenters. The van der Waals surface area contributed by atoms with Gasteiger partial charge in [-0.15, -0.1) is 0 Å². The number of likely N-dealkylation sites (N-methyl/N-ethyl adjacent to an activating group) is 1. The first-order valence-corrected chi connectivity index (χ1v) is 15.4. The lowest BCUT2D eigenvalue weighted by atomic mass is 10.1. The van der Waals surface area contributed by atoms with Gasteiger partial charge in [0.15, 0.2) is 20.7 Å². The number of ether oxygens (including phenoxy) is 1. The van der Waals surface area contributed by atoms with Crippen LogP contribution in [0.5, 0.6) is 5.75 Å². The van der Waals surface area contributed by atoms with Gasteiger partial charge in [-0.1, -0.05) is 11.6 Å². The van der Waals surface area contributed by atoms with Gasteiger partial charge in [0.05, 0.1) is 28.9 Å². The fourth-order valence-electron chi connectivity index (χ4n) is 4.16. The third kappa shape index (κ3) is 7.42. The second-order valence-electron chi connectivity index (χ2n) is 10.6. The molecule has 40 heavy (non-hydrogen) atoms. The van der Waals surface area contributed by atoms with Gasteiger partial charge in [-0.05, 0) is 63.9 Å². The van der Waals surface area contributed by atoms with E-state index in [0.717, 1.165) is 62.6 Å². The van der Waals surface area contributed by atoms with Crippen LogP contribution in [0, 0.1) is 12.3 Å². The number of aromatic nitrogens is 2. The van der Waals surface area contributed by atoms with E-state index >= 15 is 0 Å². The lowest BCUT2D eigenvalue weighted by Gasteiger charge is -2.32. The van der Waals surface area contributed by atoms with Crippen LogP contribution in [-0.2, 0) is 16.4 Å². The Kier molecular flexibility index (Phi) is 9.55. The fraction of sp³-hybridized carbons (Fsp3) is 0.519. The molecule has 2 aromatic rings. The zero-order valence-electron chi connectivity index (χ0n) is 23.7. The van der Waals surface area contributed by atoms with Gasteiger partial charge in [0.2, 0.25) is 5.95 Å². The average Bonchev–Trinajstić information content (AvgIpc) is 3.73. The van der Waals surface area contributed by atoms with Crippen molar-refractivity contribution in [2.45, 2.75) is 51.5 Å². The third-order valence-corrected chi connectivity index (χ3v) is 9.23. The highest BCUT2D eigenvalue weighted by Crippen LogP contribution is 2.36. The molecule has 0 radical (unpaired) electrons. The second-order valence-corrected chi connectivity index (χ2v) is 13.4. The van der Waals surface area contributed by atoms with Gasteiger partial charge in [-0.25, -0.2) is 13.4 Å². The lowest BCUT2D eigenvalue weighted by Crippen LogP contribution is -2.43. The van der Waals surface area contributed by atoms with E-state index < -0.39 is 20.1 Å². The standard InChI is InChI=1S/C27H39ClN8O3S/c1-17(2)40(37,38)25(29)23(15-30-4)32-26-21(28)14-31-27(34-26)33-22-12-18(3)19(13-24(22)39-20-6-7-20)16-36-10-8-35(5)9-11-36/h12-15,17,20,29-30H,6-11,16H2,1-5H3,(H2,31,32,33,34)/b23-15+,29-25?. The Balaban J connectivity index is 1.58. The summed E-state index contributed by atoms with van der Waals surface area (Å²) in [7, 11) is -0.0692. The van der Waals surface area contributed by atoms with Gasteiger partial charge in [-0.2, -0.15) is 4.98 Å². The van der Waals surface area contributed by atoms with Crippen molar-refractivity contribution in [2.24, 2.45) is 0 Å². The summed E-state index contributed by atoms with van der Waals surface area (Å²) >= 11 is 6.37. The SMILES string of the molecule is CN/C=C(/Nc1nc(Nc2cc(C)c(CN3CCN(C)CC3)cc2OC2CC2)ncc1Cl)C(=N)S(=O)(=O)C(C)C. The van der Waals surface area contributed by atoms with E-state index in [4.69, 9.17) is 21.7 Å². The number of piperazine rings is 1. The molecule has 13 heteroatoms. The molecule has 11 nitrogen and oxygen atoms in total. The van der Waals surface area contributed by atoms with Gasteiger partial charge in [0, 0.05) is 46.0 Å². The molecule has 218 valence electrons. The highest BCUT2D eigenvalue weighted by Gasteiger charge is 2.28. The number of sulfone groups is 1. The number of anilines is 3. The average molecular weight is 591 g/mol. The Morgan fingerprint density at radius 1 is 1.25 bits per heavy atom. The topological polar surface area (TPSA) is 136 Å². The highest BCUT2D eigenvalue weighted by atomic mass is 35.5. The molecule has 1 saturated carbocycles. The maximum atomic E-state index is 12.6. The van der Waals surface area contributed by atoms with Crippen LogP contribution in [0.25, 0.3) is 0 Å². The molecule has 1 saturated heterocycles. The van der Waals surface area contributed by atoms with Crippen molar-refractivity contribution >= 4 is 43.9 Å². The van der Waals surface area contributed by atoms with Crippen LogP contribution < -0.4 is 20.7 Å². The largest absolute Gasteiger partial charge is 0.488 e. The van der Waals surface area contributed by atoms with Crippen molar-refractivity contribution in [3.05, 3.63) is 46.4 Å². The fourth-order valence-corrected chi connectivity index (χ4v) is 5.19. The van der Waals surface area contributed by atoms with Crippen LogP contribution in [0.4, 0.5) is 17.5 Å². The molecular weight excluding hydrogens is 552 g/mol. The van der Waals surface area contributed by atoms with Crippen molar-refractivity contribution in [1.29, 1.82) is 5.41 Å². The third-order valence-electron chi connectivity index (χ3n) is 6.93. The summed E-state index contributed by atoms with van der Waals surface area (Å²) < 4.78 is 31.5. The van der Waals surface area contributed by atoms with E-state index in [0.29, 0.717) is 0 Å². The Hall–Kier alpha value is -2.93. The molecule has 1 aromatic heterocycles. The molecule has 0 unspecified atom stereocenters. The maximum Gasteiger partial charge on any atom is 0.229 e. The molecule has 4 N–H and O–H groups in total. The predicted molar refractivity (Wildman–Crippen MR) is 160 cm³/mol. The molecule has 2 aliphatic rings. The number of hydrogen-bond donors (Lipinski definition) is 4. The number of aryl methyl sites for hydroxylation is 1. The van der Waals surface area contributed by atoms with Crippen molar-refractivity contribution in [3.8, 4) is 5.75 Å². The molecule has 1 aromatic carbocycles. The van der Waals surface area contributed by atoms with Crippen LogP contribution in [0.3, 0.4) is 0 Å². The van der Waals surface area contributed by atoms with Gasteiger partial charge in [-0.3, -0.25) is 10.3 Å². The van der Waals surface area contributed by atoms with Crippen molar-refractivity contribution in [1.82, 2.24) is 25.1 Å². The number of nitrogens with zero attached hydrogens (tertiary/aromatic N) is 4. The molecule has 2 fully saturated rings. The van der Waals surface area contributed by atoms with Gasteiger partial charge in [0.25, 0.3) is 0 Å². The van der Waals surface area contributed by atoms with E-state index in [1.807, 2.05) is 6.07 Å². The molecule has 0 spiro atoms. The van der Waals surface area contributed by atoms with Crippen molar-refractivity contribution < 1.29 is 13.2 Å². The molecule has 0 bridgehead atoms. The Labute approximate surface area is 241 Å². The van der Waals surface area contributed by atoms with Crippen LogP contribution in [0.15, 0.2) is 30.2 Å².